The number of rotatable bonds is 9. The van der Waals surface area contributed by atoms with Crippen molar-refractivity contribution in [2.45, 2.75) is 12.1 Å². The van der Waals surface area contributed by atoms with Crippen molar-refractivity contribution in [3.05, 3.63) is 97.1 Å². The molecule has 0 radical (unpaired) electrons. The summed E-state index contributed by atoms with van der Waals surface area (Å²) < 4.78 is 31.8. The van der Waals surface area contributed by atoms with Gasteiger partial charge in [0.2, 0.25) is 0 Å². The third-order valence-corrected chi connectivity index (χ3v) is 4.75. The van der Waals surface area contributed by atoms with Crippen LogP contribution in [0.25, 0.3) is 0 Å². The summed E-state index contributed by atoms with van der Waals surface area (Å²) in [5, 5.41) is 0. The topological polar surface area (TPSA) is 57.6 Å². The van der Waals surface area contributed by atoms with Gasteiger partial charge < -0.3 is 0 Å². The first kappa shape index (κ1) is 19.1. The van der Waals surface area contributed by atoms with Crippen LogP contribution in [0.2, 0.25) is 0 Å². The van der Waals surface area contributed by atoms with Crippen molar-refractivity contribution in [3.8, 4) is 0 Å². The van der Waals surface area contributed by atoms with E-state index in [0.29, 0.717) is 0 Å². The summed E-state index contributed by atoms with van der Waals surface area (Å²) in [6.45, 7) is 8.00. The fraction of sp³-hybridized carbons (Fsp3) is 0.200. The molecule has 0 fully saturated rings. The second-order valence-electron chi connectivity index (χ2n) is 5.71. The molecule has 2 aromatic rings. The Morgan fingerprint density at radius 2 is 1.28 bits per heavy atom. The van der Waals surface area contributed by atoms with Crippen LogP contribution in [0.15, 0.2) is 86.0 Å². The summed E-state index contributed by atoms with van der Waals surface area (Å²) in [6.07, 6.45) is 3.55. The Kier molecular flexibility index (Phi) is 6.70. The maximum atomic E-state index is 11.3. The summed E-state index contributed by atoms with van der Waals surface area (Å²) in [7, 11) is -4.08. The highest BCUT2D eigenvalue weighted by Gasteiger charge is 2.26. The number of hydrogen-bond donors (Lipinski definition) is 1. The number of benzene rings is 2. The fourth-order valence-corrected chi connectivity index (χ4v) is 3.34. The molecular weight excluding hydrogens is 334 g/mol. The molecule has 0 bridgehead atoms. The lowest BCUT2D eigenvalue weighted by Crippen LogP contribution is -2.35. The minimum Gasteiger partial charge on any atom is -0.286 e. The van der Waals surface area contributed by atoms with Gasteiger partial charge in [-0.1, -0.05) is 72.8 Å². The second kappa shape index (κ2) is 8.76. The van der Waals surface area contributed by atoms with Crippen molar-refractivity contribution in [3.63, 3.8) is 0 Å². The van der Waals surface area contributed by atoms with Gasteiger partial charge in [0.25, 0.3) is 10.1 Å². The maximum Gasteiger partial charge on any atom is 0.266 e. The van der Waals surface area contributed by atoms with Gasteiger partial charge >= 0.3 is 0 Å². The average molecular weight is 357 g/mol. The molecule has 0 aliphatic heterocycles. The zero-order valence-corrected chi connectivity index (χ0v) is 14.8. The molecule has 0 saturated carbocycles. The van der Waals surface area contributed by atoms with Crippen molar-refractivity contribution in [1.29, 1.82) is 0 Å². The molecule has 2 rings (SSSR count). The van der Waals surface area contributed by atoms with Gasteiger partial charge in [0.05, 0.1) is 17.8 Å². The molecule has 0 amide bonds. The monoisotopic (exact) mass is 357 g/mol. The van der Waals surface area contributed by atoms with Gasteiger partial charge in [0.1, 0.15) is 0 Å². The Morgan fingerprint density at radius 3 is 1.60 bits per heavy atom. The summed E-state index contributed by atoms with van der Waals surface area (Å²) in [4.78, 5) is 1.97. The SMILES string of the molecule is C=CC(c1ccccc1)N(CCS(=O)(=O)O)C(C=C)c1ccccc1. The minimum atomic E-state index is -4.08. The molecule has 0 aliphatic carbocycles. The third-order valence-electron chi connectivity index (χ3n) is 4.05. The highest BCUT2D eigenvalue weighted by Crippen LogP contribution is 2.32. The standard InChI is InChI=1S/C20H23NO3S/c1-3-19(17-11-7-5-8-12-17)21(15-16-25(22,23)24)20(4-2)18-13-9-6-10-14-18/h3-14,19-20H,1-2,15-16H2,(H,22,23,24). The van der Waals surface area contributed by atoms with E-state index in [9.17, 15) is 13.0 Å². The van der Waals surface area contributed by atoms with Crippen LogP contribution in [0.3, 0.4) is 0 Å². The van der Waals surface area contributed by atoms with Crippen LogP contribution in [0.5, 0.6) is 0 Å². The van der Waals surface area contributed by atoms with E-state index in [1.54, 1.807) is 12.2 Å². The lowest BCUT2D eigenvalue weighted by atomic mass is 9.99. The van der Waals surface area contributed by atoms with Crippen LogP contribution >= 0.6 is 0 Å². The van der Waals surface area contributed by atoms with Crippen LogP contribution in [-0.4, -0.2) is 30.2 Å². The van der Waals surface area contributed by atoms with Crippen LogP contribution in [0.1, 0.15) is 23.2 Å². The first-order valence-electron chi connectivity index (χ1n) is 8.02. The Labute approximate surface area is 149 Å². The molecule has 25 heavy (non-hydrogen) atoms. The molecule has 5 heteroatoms. The van der Waals surface area contributed by atoms with E-state index < -0.39 is 10.1 Å². The first-order chi connectivity index (χ1) is 12.0. The van der Waals surface area contributed by atoms with Gasteiger partial charge in [-0.05, 0) is 11.1 Å². The summed E-state index contributed by atoms with van der Waals surface area (Å²) in [5.41, 5.74) is 1.99. The summed E-state index contributed by atoms with van der Waals surface area (Å²) in [6, 6.07) is 19.0. The third kappa shape index (κ3) is 5.39. The highest BCUT2D eigenvalue weighted by atomic mass is 32.2. The average Bonchev–Trinajstić information content (AvgIpc) is 2.61. The maximum absolute atomic E-state index is 11.3. The zero-order valence-electron chi connectivity index (χ0n) is 14.0. The van der Waals surface area contributed by atoms with Crippen molar-refractivity contribution in [1.82, 2.24) is 4.90 Å². The minimum absolute atomic E-state index is 0.149. The van der Waals surface area contributed by atoms with Crippen molar-refractivity contribution in [2.24, 2.45) is 0 Å². The molecule has 0 aromatic heterocycles. The Morgan fingerprint density at radius 1 is 0.880 bits per heavy atom. The van der Waals surface area contributed by atoms with Gasteiger partial charge in [-0.2, -0.15) is 8.42 Å². The van der Waals surface area contributed by atoms with Gasteiger partial charge in [0.15, 0.2) is 0 Å². The Hall–Kier alpha value is -2.21. The number of nitrogens with zero attached hydrogens (tertiary/aromatic N) is 1. The molecular formula is C20H23NO3S. The molecule has 2 unspecified atom stereocenters. The lowest BCUT2D eigenvalue weighted by molar-refractivity contribution is 0.201. The smallest absolute Gasteiger partial charge is 0.266 e. The van der Waals surface area contributed by atoms with Crippen molar-refractivity contribution < 1.29 is 13.0 Å². The summed E-state index contributed by atoms with van der Waals surface area (Å²) in [5.74, 6) is -0.360. The van der Waals surface area contributed by atoms with Gasteiger partial charge in [-0.25, -0.2) is 0 Å². The quantitative estimate of drug-likeness (QED) is 0.544. The van der Waals surface area contributed by atoms with Crippen LogP contribution in [0.4, 0.5) is 0 Å². The van der Waals surface area contributed by atoms with E-state index in [4.69, 9.17) is 0 Å². The van der Waals surface area contributed by atoms with E-state index >= 15 is 0 Å². The molecule has 0 spiro atoms. The second-order valence-corrected chi connectivity index (χ2v) is 7.28. The molecule has 0 aliphatic rings. The van der Waals surface area contributed by atoms with E-state index in [1.807, 2.05) is 65.6 Å². The van der Waals surface area contributed by atoms with Crippen LogP contribution in [0, 0.1) is 0 Å². The van der Waals surface area contributed by atoms with Gasteiger partial charge in [-0.3, -0.25) is 9.45 Å². The Balaban J connectivity index is 2.43. The molecule has 0 saturated heterocycles. The molecule has 2 atom stereocenters. The van der Waals surface area contributed by atoms with Crippen molar-refractivity contribution in [2.75, 3.05) is 12.3 Å². The van der Waals surface area contributed by atoms with Gasteiger partial charge in [0, 0.05) is 6.54 Å². The zero-order chi connectivity index (χ0) is 18.3. The van der Waals surface area contributed by atoms with E-state index in [0.717, 1.165) is 11.1 Å². The van der Waals surface area contributed by atoms with Crippen LogP contribution in [-0.2, 0) is 10.1 Å². The molecule has 2 aromatic carbocycles. The van der Waals surface area contributed by atoms with E-state index in [-0.39, 0.29) is 24.4 Å². The first-order valence-corrected chi connectivity index (χ1v) is 9.63. The molecule has 1 N–H and O–H groups in total. The Bertz CT molecular complexity index is 737. The lowest BCUT2D eigenvalue weighted by Gasteiger charge is -2.35. The molecule has 4 nitrogen and oxygen atoms in total. The highest BCUT2D eigenvalue weighted by molar-refractivity contribution is 7.85. The number of hydrogen-bond acceptors (Lipinski definition) is 3. The van der Waals surface area contributed by atoms with E-state index in [2.05, 4.69) is 13.2 Å². The predicted octanol–water partition coefficient (Wildman–Crippen LogP) is 4.03. The van der Waals surface area contributed by atoms with Gasteiger partial charge in [-0.15, -0.1) is 13.2 Å². The van der Waals surface area contributed by atoms with Crippen LogP contribution < -0.4 is 0 Å². The normalized spacial score (nSPS) is 14.0. The molecule has 132 valence electrons. The predicted molar refractivity (Wildman–Crippen MR) is 102 cm³/mol. The van der Waals surface area contributed by atoms with E-state index in [1.165, 1.54) is 0 Å². The summed E-state index contributed by atoms with van der Waals surface area (Å²) >= 11 is 0. The fourth-order valence-electron chi connectivity index (χ4n) is 2.90. The molecule has 0 heterocycles. The van der Waals surface area contributed by atoms with Crippen molar-refractivity contribution >= 4 is 10.1 Å². The largest absolute Gasteiger partial charge is 0.286 e.